The van der Waals surface area contributed by atoms with Crippen LogP contribution < -0.4 is 0 Å². The van der Waals surface area contributed by atoms with Crippen molar-refractivity contribution in [3.8, 4) is 0 Å². The fourth-order valence-electron chi connectivity index (χ4n) is 0.830. The van der Waals surface area contributed by atoms with Crippen molar-refractivity contribution < 1.29 is 4.74 Å². The van der Waals surface area contributed by atoms with E-state index in [0.29, 0.717) is 5.25 Å². The lowest BCUT2D eigenvalue weighted by atomic mass is 10.1. The van der Waals surface area contributed by atoms with Gasteiger partial charge in [-0.3, -0.25) is 0 Å². The Morgan fingerprint density at radius 3 is 2.60 bits per heavy atom. The Balaban J connectivity index is 2.89. The highest BCUT2D eigenvalue weighted by Gasteiger charge is 1.97. The quantitative estimate of drug-likeness (QED) is 0.466. The zero-order chi connectivity index (χ0) is 7.82. The van der Waals surface area contributed by atoms with E-state index < -0.39 is 0 Å². The van der Waals surface area contributed by atoms with Crippen molar-refractivity contribution in [2.75, 3.05) is 13.7 Å². The molecular formula is C8H18OS. The average molecular weight is 162 g/mol. The van der Waals surface area contributed by atoms with Gasteiger partial charge in [0.2, 0.25) is 0 Å². The fourth-order valence-corrected chi connectivity index (χ4v) is 1.01. The SMILES string of the molecule is CCC(S)CCCCOC. The molecule has 10 heavy (non-hydrogen) atoms. The van der Waals surface area contributed by atoms with Crippen LogP contribution in [0, 0.1) is 0 Å². The zero-order valence-corrected chi connectivity index (χ0v) is 7.86. The molecule has 1 atom stereocenters. The third-order valence-corrected chi connectivity index (χ3v) is 2.23. The molecule has 0 rings (SSSR count). The minimum Gasteiger partial charge on any atom is -0.385 e. The number of thiol groups is 1. The van der Waals surface area contributed by atoms with Gasteiger partial charge < -0.3 is 4.74 Å². The zero-order valence-electron chi connectivity index (χ0n) is 6.97. The summed E-state index contributed by atoms with van der Waals surface area (Å²) in [5.41, 5.74) is 0. The van der Waals surface area contributed by atoms with Gasteiger partial charge in [-0.2, -0.15) is 12.6 Å². The third-order valence-electron chi connectivity index (χ3n) is 1.61. The first kappa shape index (κ1) is 10.3. The molecule has 0 amide bonds. The van der Waals surface area contributed by atoms with Crippen LogP contribution in [0.4, 0.5) is 0 Å². The molecule has 0 heterocycles. The van der Waals surface area contributed by atoms with Gasteiger partial charge in [-0.25, -0.2) is 0 Å². The van der Waals surface area contributed by atoms with Gasteiger partial charge in [-0.15, -0.1) is 0 Å². The molecule has 0 aliphatic heterocycles. The molecule has 0 saturated heterocycles. The van der Waals surface area contributed by atoms with Gasteiger partial charge >= 0.3 is 0 Å². The van der Waals surface area contributed by atoms with Gasteiger partial charge in [-0.05, 0) is 19.3 Å². The number of rotatable bonds is 6. The molecule has 0 saturated carbocycles. The van der Waals surface area contributed by atoms with Gasteiger partial charge in [0.1, 0.15) is 0 Å². The normalized spacial score (nSPS) is 13.5. The second kappa shape index (κ2) is 7.42. The van der Waals surface area contributed by atoms with Crippen LogP contribution in [0.1, 0.15) is 32.6 Å². The lowest BCUT2D eigenvalue weighted by Gasteiger charge is -2.05. The number of hydrogen-bond donors (Lipinski definition) is 1. The second-order valence-electron chi connectivity index (χ2n) is 2.55. The minimum atomic E-state index is 0.594. The van der Waals surface area contributed by atoms with Crippen LogP contribution in [-0.4, -0.2) is 19.0 Å². The number of unbranched alkanes of at least 4 members (excludes halogenated alkanes) is 1. The summed E-state index contributed by atoms with van der Waals surface area (Å²) in [7, 11) is 1.75. The van der Waals surface area contributed by atoms with E-state index in [1.807, 2.05) is 0 Å². The molecule has 0 aromatic heterocycles. The molecular weight excluding hydrogens is 144 g/mol. The van der Waals surface area contributed by atoms with Crippen molar-refractivity contribution in [3.05, 3.63) is 0 Å². The summed E-state index contributed by atoms with van der Waals surface area (Å²) in [5, 5.41) is 0.594. The second-order valence-corrected chi connectivity index (χ2v) is 3.28. The molecule has 0 aliphatic rings. The van der Waals surface area contributed by atoms with Crippen LogP contribution in [0.2, 0.25) is 0 Å². The summed E-state index contributed by atoms with van der Waals surface area (Å²) in [4.78, 5) is 0. The minimum absolute atomic E-state index is 0.594. The molecule has 0 fully saturated rings. The molecule has 0 spiro atoms. The van der Waals surface area contributed by atoms with Gasteiger partial charge in [-0.1, -0.05) is 13.3 Å². The van der Waals surface area contributed by atoms with Gasteiger partial charge in [0.05, 0.1) is 0 Å². The molecule has 0 N–H and O–H groups in total. The first-order valence-corrected chi connectivity index (χ1v) is 4.50. The molecule has 1 nitrogen and oxygen atoms in total. The van der Waals surface area contributed by atoms with Crippen LogP contribution in [0.5, 0.6) is 0 Å². The van der Waals surface area contributed by atoms with Crippen LogP contribution in [0.25, 0.3) is 0 Å². The number of ether oxygens (including phenoxy) is 1. The molecule has 1 unspecified atom stereocenters. The molecule has 0 aromatic rings. The van der Waals surface area contributed by atoms with E-state index in [1.165, 1.54) is 25.7 Å². The van der Waals surface area contributed by atoms with E-state index in [1.54, 1.807) is 7.11 Å². The summed E-state index contributed by atoms with van der Waals surface area (Å²) in [6.45, 7) is 3.07. The lowest BCUT2D eigenvalue weighted by molar-refractivity contribution is 0.192. The van der Waals surface area contributed by atoms with Crippen molar-refractivity contribution in [2.24, 2.45) is 0 Å². The Morgan fingerprint density at radius 2 is 2.10 bits per heavy atom. The highest BCUT2D eigenvalue weighted by atomic mass is 32.1. The van der Waals surface area contributed by atoms with Crippen LogP contribution in [0.15, 0.2) is 0 Å². The maximum absolute atomic E-state index is 4.93. The van der Waals surface area contributed by atoms with Crippen molar-refractivity contribution in [2.45, 2.75) is 37.9 Å². The van der Waals surface area contributed by atoms with Crippen LogP contribution in [-0.2, 0) is 4.74 Å². The maximum Gasteiger partial charge on any atom is 0.0462 e. The third kappa shape index (κ3) is 6.43. The van der Waals surface area contributed by atoms with E-state index in [2.05, 4.69) is 19.6 Å². The number of hydrogen-bond acceptors (Lipinski definition) is 2. The molecule has 62 valence electrons. The predicted octanol–water partition coefficient (Wildman–Crippen LogP) is 2.51. The highest BCUT2D eigenvalue weighted by molar-refractivity contribution is 7.80. The smallest absolute Gasteiger partial charge is 0.0462 e. The van der Waals surface area contributed by atoms with E-state index in [-0.39, 0.29) is 0 Å². The highest BCUT2D eigenvalue weighted by Crippen LogP contribution is 2.09. The van der Waals surface area contributed by atoms with Crippen molar-refractivity contribution in [1.82, 2.24) is 0 Å². The average Bonchev–Trinajstić information content (AvgIpc) is 1.98. The molecule has 2 heteroatoms. The van der Waals surface area contributed by atoms with Gasteiger partial charge in [0.25, 0.3) is 0 Å². The lowest BCUT2D eigenvalue weighted by Crippen LogP contribution is -1.97. The van der Waals surface area contributed by atoms with Gasteiger partial charge in [0, 0.05) is 19.0 Å². The molecule has 0 bridgehead atoms. The summed E-state index contributed by atoms with van der Waals surface area (Å²) in [6.07, 6.45) is 4.82. The first-order chi connectivity index (χ1) is 4.81. The maximum atomic E-state index is 4.93. The Bertz CT molecular complexity index is 66.3. The standard InChI is InChI=1S/C8H18OS/c1-3-8(10)6-4-5-7-9-2/h8,10H,3-7H2,1-2H3. The van der Waals surface area contributed by atoms with Gasteiger partial charge in [0.15, 0.2) is 0 Å². The Hall–Kier alpha value is 0.310. The summed E-state index contributed by atoms with van der Waals surface area (Å²) >= 11 is 4.39. The van der Waals surface area contributed by atoms with Crippen molar-refractivity contribution in [1.29, 1.82) is 0 Å². The van der Waals surface area contributed by atoms with E-state index in [9.17, 15) is 0 Å². The Labute approximate surface area is 69.6 Å². The van der Waals surface area contributed by atoms with Crippen molar-refractivity contribution >= 4 is 12.6 Å². The molecule has 0 aromatic carbocycles. The predicted molar refractivity (Wildman–Crippen MR) is 48.8 cm³/mol. The summed E-state index contributed by atoms with van der Waals surface area (Å²) < 4.78 is 4.93. The number of methoxy groups -OCH3 is 1. The Morgan fingerprint density at radius 1 is 1.40 bits per heavy atom. The largest absolute Gasteiger partial charge is 0.385 e. The van der Waals surface area contributed by atoms with Crippen molar-refractivity contribution in [3.63, 3.8) is 0 Å². The fraction of sp³-hybridized carbons (Fsp3) is 1.00. The topological polar surface area (TPSA) is 9.23 Å². The molecule has 0 aliphatic carbocycles. The summed E-state index contributed by atoms with van der Waals surface area (Å²) in [5.74, 6) is 0. The monoisotopic (exact) mass is 162 g/mol. The Kier molecular flexibility index (Phi) is 7.65. The van der Waals surface area contributed by atoms with Crippen LogP contribution in [0.3, 0.4) is 0 Å². The van der Waals surface area contributed by atoms with E-state index in [0.717, 1.165) is 6.61 Å². The first-order valence-electron chi connectivity index (χ1n) is 3.98. The summed E-state index contributed by atoms with van der Waals surface area (Å²) in [6, 6.07) is 0. The van der Waals surface area contributed by atoms with E-state index in [4.69, 9.17) is 4.74 Å². The van der Waals surface area contributed by atoms with E-state index >= 15 is 0 Å². The molecule has 0 radical (unpaired) electrons. The van der Waals surface area contributed by atoms with Crippen LogP contribution >= 0.6 is 12.6 Å².